The molecule has 0 aliphatic carbocycles. The van der Waals surface area contributed by atoms with Crippen molar-refractivity contribution in [3.63, 3.8) is 0 Å². The Kier molecular flexibility index (Phi) is 3.63. The van der Waals surface area contributed by atoms with Crippen LogP contribution in [0, 0.1) is 17.0 Å². The highest BCUT2D eigenvalue weighted by Crippen LogP contribution is 2.37. The molecule has 0 aliphatic rings. The highest BCUT2D eigenvalue weighted by molar-refractivity contribution is 5.68. The Morgan fingerprint density at radius 1 is 1.16 bits per heavy atom. The van der Waals surface area contributed by atoms with Crippen LogP contribution in [0.2, 0.25) is 0 Å². The first-order chi connectivity index (χ1) is 9.13. The summed E-state index contributed by atoms with van der Waals surface area (Å²) in [6.07, 6.45) is 0. The Morgan fingerprint density at radius 2 is 1.84 bits per heavy atom. The molecule has 0 heterocycles. The summed E-state index contributed by atoms with van der Waals surface area (Å²) >= 11 is 0. The van der Waals surface area contributed by atoms with E-state index in [1.54, 1.807) is 18.2 Å². The van der Waals surface area contributed by atoms with E-state index in [-0.39, 0.29) is 17.1 Å². The molecule has 0 aromatic heterocycles. The van der Waals surface area contributed by atoms with Crippen molar-refractivity contribution in [1.29, 1.82) is 0 Å². The minimum absolute atomic E-state index is 0.148. The average Bonchev–Trinajstić information content (AvgIpc) is 2.40. The molecule has 0 bridgehead atoms. The van der Waals surface area contributed by atoms with Gasteiger partial charge in [0.1, 0.15) is 11.4 Å². The number of anilines is 1. The molecule has 0 radical (unpaired) electrons. The smallest absolute Gasteiger partial charge is 0.335 e. The van der Waals surface area contributed by atoms with Gasteiger partial charge in [0.15, 0.2) is 0 Å². The number of hydrazine groups is 1. The van der Waals surface area contributed by atoms with Crippen LogP contribution < -0.4 is 16.0 Å². The Balaban J connectivity index is 2.46. The van der Waals surface area contributed by atoms with Crippen molar-refractivity contribution < 1.29 is 9.66 Å². The van der Waals surface area contributed by atoms with Crippen LogP contribution in [-0.4, -0.2) is 4.92 Å². The number of aryl methyl sites for hydroxylation is 1. The van der Waals surface area contributed by atoms with E-state index >= 15 is 0 Å². The number of ether oxygens (including phenoxy) is 1. The Bertz CT molecular complexity index is 614. The summed E-state index contributed by atoms with van der Waals surface area (Å²) in [4.78, 5) is 10.6. The molecular formula is C13H13N3O3. The third kappa shape index (κ3) is 2.63. The van der Waals surface area contributed by atoms with E-state index in [9.17, 15) is 10.1 Å². The number of hydrogen-bond donors (Lipinski definition) is 2. The lowest BCUT2D eigenvalue weighted by molar-refractivity contribution is -0.384. The molecule has 0 saturated carbocycles. The van der Waals surface area contributed by atoms with Gasteiger partial charge in [0, 0.05) is 0 Å². The SMILES string of the molecule is Cc1ccccc1Oc1cccc(NN)c1[N+](=O)[O-]. The van der Waals surface area contributed by atoms with E-state index in [1.807, 2.05) is 19.1 Å². The molecule has 2 rings (SSSR count). The topological polar surface area (TPSA) is 90.4 Å². The number of nitrogens with two attached hydrogens (primary N) is 1. The van der Waals surface area contributed by atoms with Gasteiger partial charge in [0.25, 0.3) is 0 Å². The zero-order valence-corrected chi connectivity index (χ0v) is 10.3. The molecule has 0 unspecified atom stereocenters. The number of nitrogens with zero attached hydrogens (tertiary/aromatic N) is 1. The Labute approximate surface area is 109 Å². The normalized spacial score (nSPS) is 10.0. The lowest BCUT2D eigenvalue weighted by Gasteiger charge is -2.10. The van der Waals surface area contributed by atoms with Crippen molar-refractivity contribution >= 4 is 11.4 Å². The standard InChI is InChI=1S/C13H13N3O3/c1-9-5-2-3-7-11(9)19-12-8-4-6-10(15-14)13(12)16(17)18/h2-8,15H,14H2,1H3. The van der Waals surface area contributed by atoms with Gasteiger partial charge < -0.3 is 10.2 Å². The second-order valence-corrected chi connectivity index (χ2v) is 3.92. The van der Waals surface area contributed by atoms with Crippen molar-refractivity contribution in [2.75, 3.05) is 5.43 Å². The van der Waals surface area contributed by atoms with Crippen LogP contribution in [0.15, 0.2) is 42.5 Å². The second kappa shape index (κ2) is 5.36. The second-order valence-electron chi connectivity index (χ2n) is 3.92. The van der Waals surface area contributed by atoms with E-state index in [0.29, 0.717) is 5.75 Å². The molecule has 2 aromatic rings. The largest absolute Gasteiger partial charge is 0.450 e. The molecule has 0 amide bonds. The van der Waals surface area contributed by atoms with E-state index in [0.717, 1.165) is 5.56 Å². The first-order valence-electron chi connectivity index (χ1n) is 5.61. The maximum atomic E-state index is 11.1. The third-order valence-electron chi connectivity index (χ3n) is 2.65. The molecule has 0 aliphatic heterocycles. The van der Waals surface area contributed by atoms with Crippen molar-refractivity contribution in [2.24, 2.45) is 5.84 Å². The summed E-state index contributed by atoms with van der Waals surface area (Å²) in [7, 11) is 0. The summed E-state index contributed by atoms with van der Waals surface area (Å²) < 4.78 is 5.61. The van der Waals surface area contributed by atoms with E-state index in [1.165, 1.54) is 12.1 Å². The van der Waals surface area contributed by atoms with Gasteiger partial charge in [-0.25, -0.2) is 0 Å². The van der Waals surface area contributed by atoms with Gasteiger partial charge in [-0.15, -0.1) is 0 Å². The molecule has 19 heavy (non-hydrogen) atoms. The quantitative estimate of drug-likeness (QED) is 0.500. The molecule has 0 spiro atoms. The van der Waals surface area contributed by atoms with Crippen molar-refractivity contribution in [3.8, 4) is 11.5 Å². The number of hydrogen-bond acceptors (Lipinski definition) is 5. The summed E-state index contributed by atoms with van der Waals surface area (Å²) in [5, 5.41) is 11.1. The third-order valence-corrected chi connectivity index (χ3v) is 2.65. The highest BCUT2D eigenvalue weighted by atomic mass is 16.6. The maximum Gasteiger partial charge on any atom is 0.335 e. The summed E-state index contributed by atoms with van der Waals surface area (Å²) in [6, 6.07) is 12.0. The molecule has 0 fully saturated rings. The number of nitro groups is 1. The van der Waals surface area contributed by atoms with Crippen LogP contribution in [0.1, 0.15) is 5.56 Å². The van der Waals surface area contributed by atoms with Crippen LogP contribution in [-0.2, 0) is 0 Å². The van der Waals surface area contributed by atoms with Gasteiger partial charge in [-0.05, 0) is 30.7 Å². The van der Waals surface area contributed by atoms with Gasteiger partial charge in [-0.2, -0.15) is 0 Å². The van der Waals surface area contributed by atoms with Gasteiger partial charge in [-0.1, -0.05) is 24.3 Å². The molecule has 0 saturated heterocycles. The Hall–Kier alpha value is -2.60. The molecule has 98 valence electrons. The fraction of sp³-hybridized carbons (Fsp3) is 0.0769. The highest BCUT2D eigenvalue weighted by Gasteiger charge is 2.21. The van der Waals surface area contributed by atoms with Crippen LogP contribution in [0.4, 0.5) is 11.4 Å². The minimum Gasteiger partial charge on any atom is -0.450 e. The lowest BCUT2D eigenvalue weighted by Crippen LogP contribution is -2.09. The molecular weight excluding hydrogens is 246 g/mol. The predicted molar refractivity (Wildman–Crippen MR) is 72.2 cm³/mol. The zero-order valence-electron chi connectivity index (χ0n) is 10.3. The summed E-state index contributed by atoms with van der Waals surface area (Å²) in [5.41, 5.74) is 3.21. The molecule has 6 nitrogen and oxygen atoms in total. The Morgan fingerprint density at radius 3 is 2.47 bits per heavy atom. The number of benzene rings is 2. The molecule has 6 heteroatoms. The number of nitro benzene ring substituents is 1. The van der Waals surface area contributed by atoms with E-state index in [2.05, 4.69) is 5.43 Å². The number of nitrogens with one attached hydrogen (secondary N) is 1. The fourth-order valence-electron chi connectivity index (χ4n) is 1.70. The lowest BCUT2D eigenvalue weighted by atomic mass is 10.2. The first kappa shape index (κ1) is 12.8. The summed E-state index contributed by atoms with van der Waals surface area (Å²) in [5.74, 6) is 5.99. The van der Waals surface area contributed by atoms with Gasteiger partial charge in [0.05, 0.1) is 4.92 Å². The predicted octanol–water partition coefficient (Wildman–Crippen LogP) is 2.98. The molecule has 2 aromatic carbocycles. The monoisotopic (exact) mass is 259 g/mol. The number of para-hydroxylation sites is 2. The molecule has 0 atom stereocenters. The first-order valence-corrected chi connectivity index (χ1v) is 5.61. The van der Waals surface area contributed by atoms with E-state index < -0.39 is 4.92 Å². The average molecular weight is 259 g/mol. The maximum absolute atomic E-state index is 11.1. The molecule has 3 N–H and O–H groups in total. The van der Waals surface area contributed by atoms with Crippen LogP contribution in [0.25, 0.3) is 0 Å². The number of nitrogen functional groups attached to an aromatic ring is 1. The van der Waals surface area contributed by atoms with Gasteiger partial charge >= 0.3 is 5.69 Å². The summed E-state index contributed by atoms with van der Waals surface area (Å²) in [6.45, 7) is 1.87. The van der Waals surface area contributed by atoms with Crippen molar-refractivity contribution in [3.05, 3.63) is 58.1 Å². The zero-order chi connectivity index (χ0) is 13.8. The van der Waals surface area contributed by atoms with Crippen molar-refractivity contribution in [2.45, 2.75) is 6.92 Å². The van der Waals surface area contributed by atoms with Crippen LogP contribution in [0.5, 0.6) is 11.5 Å². The van der Waals surface area contributed by atoms with Crippen LogP contribution >= 0.6 is 0 Å². The number of rotatable bonds is 4. The minimum atomic E-state index is -0.525. The van der Waals surface area contributed by atoms with Crippen LogP contribution in [0.3, 0.4) is 0 Å². The fourth-order valence-corrected chi connectivity index (χ4v) is 1.70. The van der Waals surface area contributed by atoms with Crippen molar-refractivity contribution in [1.82, 2.24) is 0 Å². The van der Waals surface area contributed by atoms with Gasteiger partial charge in [-0.3, -0.25) is 16.0 Å². The van der Waals surface area contributed by atoms with E-state index in [4.69, 9.17) is 10.6 Å². The van der Waals surface area contributed by atoms with Gasteiger partial charge in [0.2, 0.25) is 5.75 Å².